The lowest BCUT2D eigenvalue weighted by atomic mass is 10.1. The number of benzene rings is 1. The molecule has 0 fully saturated rings. The van der Waals surface area contributed by atoms with Gasteiger partial charge in [0.2, 0.25) is 11.5 Å². The molecule has 98 valence electrons. The molecule has 2 aromatic rings. The average Bonchev–Trinajstić information content (AvgIpc) is 2.86. The Hall–Kier alpha value is -2.07. The van der Waals surface area contributed by atoms with Crippen molar-refractivity contribution in [3.05, 3.63) is 53.4 Å². The van der Waals surface area contributed by atoms with Crippen LogP contribution in [0.1, 0.15) is 10.6 Å². The SMILES string of the molecule is CN(C)C=CC(=O)c1cc(-c2ccccc2Cl)no1. The zero-order valence-electron chi connectivity index (χ0n) is 10.6. The standard InChI is InChI=1S/C14H13ClN2O2/c1-17(2)8-7-13(18)14-9-12(16-19-14)10-5-3-4-6-11(10)15/h3-9H,1-2H3. The van der Waals surface area contributed by atoms with E-state index in [1.54, 1.807) is 23.2 Å². The van der Waals surface area contributed by atoms with Crippen LogP contribution < -0.4 is 0 Å². The smallest absolute Gasteiger partial charge is 0.225 e. The van der Waals surface area contributed by atoms with Crippen LogP contribution in [-0.2, 0) is 0 Å². The number of rotatable bonds is 4. The summed E-state index contributed by atoms with van der Waals surface area (Å²) < 4.78 is 5.04. The van der Waals surface area contributed by atoms with Gasteiger partial charge in [-0.15, -0.1) is 0 Å². The van der Waals surface area contributed by atoms with Gasteiger partial charge in [0.25, 0.3) is 0 Å². The molecular weight excluding hydrogens is 264 g/mol. The molecule has 0 spiro atoms. The Morgan fingerprint density at radius 3 is 2.79 bits per heavy atom. The maximum atomic E-state index is 11.8. The first-order valence-corrected chi connectivity index (χ1v) is 6.06. The van der Waals surface area contributed by atoms with Crippen LogP contribution in [0, 0.1) is 0 Å². The molecule has 1 heterocycles. The molecule has 1 aromatic carbocycles. The number of hydrogen-bond donors (Lipinski definition) is 0. The summed E-state index contributed by atoms with van der Waals surface area (Å²) in [5.41, 5.74) is 1.29. The molecule has 0 amide bonds. The van der Waals surface area contributed by atoms with Crippen molar-refractivity contribution in [3.8, 4) is 11.3 Å². The summed E-state index contributed by atoms with van der Waals surface area (Å²) in [6.45, 7) is 0. The van der Waals surface area contributed by atoms with Gasteiger partial charge in [0.1, 0.15) is 5.69 Å². The van der Waals surface area contributed by atoms with Crippen molar-refractivity contribution in [3.63, 3.8) is 0 Å². The first-order chi connectivity index (χ1) is 9.08. The molecule has 1 aromatic heterocycles. The molecule has 0 bridgehead atoms. The van der Waals surface area contributed by atoms with Gasteiger partial charge in [-0.3, -0.25) is 4.79 Å². The van der Waals surface area contributed by atoms with Crippen molar-refractivity contribution >= 4 is 17.4 Å². The fourth-order valence-corrected chi connectivity index (χ4v) is 1.72. The molecule has 0 N–H and O–H groups in total. The van der Waals surface area contributed by atoms with E-state index in [4.69, 9.17) is 16.1 Å². The fraction of sp³-hybridized carbons (Fsp3) is 0.143. The van der Waals surface area contributed by atoms with E-state index >= 15 is 0 Å². The lowest BCUT2D eigenvalue weighted by Gasteiger charge is -2.01. The molecule has 0 atom stereocenters. The van der Waals surface area contributed by atoms with Gasteiger partial charge >= 0.3 is 0 Å². The van der Waals surface area contributed by atoms with Crippen LogP contribution in [0.4, 0.5) is 0 Å². The summed E-state index contributed by atoms with van der Waals surface area (Å²) in [7, 11) is 3.67. The van der Waals surface area contributed by atoms with E-state index in [0.29, 0.717) is 10.7 Å². The van der Waals surface area contributed by atoms with Gasteiger partial charge in [0.15, 0.2) is 0 Å². The van der Waals surface area contributed by atoms with Crippen LogP contribution in [-0.4, -0.2) is 29.9 Å². The number of nitrogens with zero attached hydrogens (tertiary/aromatic N) is 2. The number of hydrogen-bond acceptors (Lipinski definition) is 4. The van der Waals surface area contributed by atoms with Gasteiger partial charge in [-0.2, -0.15) is 0 Å². The van der Waals surface area contributed by atoms with E-state index in [1.807, 2.05) is 32.3 Å². The summed E-state index contributed by atoms with van der Waals surface area (Å²) in [6.07, 6.45) is 3.08. The van der Waals surface area contributed by atoms with Gasteiger partial charge in [-0.25, -0.2) is 0 Å². The average molecular weight is 277 g/mol. The van der Waals surface area contributed by atoms with E-state index in [2.05, 4.69) is 5.16 Å². The number of aromatic nitrogens is 1. The van der Waals surface area contributed by atoms with Gasteiger partial charge in [-0.1, -0.05) is 35.0 Å². The van der Waals surface area contributed by atoms with E-state index in [1.165, 1.54) is 6.08 Å². The van der Waals surface area contributed by atoms with E-state index in [-0.39, 0.29) is 11.5 Å². The van der Waals surface area contributed by atoms with Crippen LogP contribution in [0.5, 0.6) is 0 Å². The van der Waals surface area contributed by atoms with E-state index < -0.39 is 0 Å². The lowest BCUT2D eigenvalue weighted by Crippen LogP contribution is -2.02. The van der Waals surface area contributed by atoms with Crippen LogP contribution in [0.15, 0.2) is 47.1 Å². The number of allylic oxidation sites excluding steroid dienone is 1. The monoisotopic (exact) mass is 276 g/mol. The second-order valence-corrected chi connectivity index (χ2v) is 4.61. The molecule has 0 unspecified atom stereocenters. The molecule has 0 aliphatic rings. The zero-order valence-corrected chi connectivity index (χ0v) is 11.4. The number of ketones is 1. The van der Waals surface area contributed by atoms with Crippen molar-refractivity contribution < 1.29 is 9.32 Å². The van der Waals surface area contributed by atoms with Gasteiger partial charge in [-0.05, 0) is 6.07 Å². The Labute approximate surface area is 116 Å². The normalized spacial score (nSPS) is 10.9. The molecule has 5 heteroatoms. The molecule has 19 heavy (non-hydrogen) atoms. The molecule has 0 aliphatic carbocycles. The van der Waals surface area contributed by atoms with Crippen LogP contribution in [0.25, 0.3) is 11.3 Å². The first-order valence-electron chi connectivity index (χ1n) is 5.68. The van der Waals surface area contributed by atoms with Crippen LogP contribution >= 0.6 is 11.6 Å². The maximum absolute atomic E-state index is 11.8. The molecular formula is C14H13ClN2O2. The quantitative estimate of drug-likeness (QED) is 0.635. The van der Waals surface area contributed by atoms with Crippen molar-refractivity contribution in [2.75, 3.05) is 14.1 Å². The molecule has 4 nitrogen and oxygen atoms in total. The molecule has 0 saturated heterocycles. The third-order valence-corrected chi connectivity index (χ3v) is 2.76. The zero-order chi connectivity index (χ0) is 13.8. The second-order valence-electron chi connectivity index (χ2n) is 4.20. The van der Waals surface area contributed by atoms with Gasteiger partial charge in [0.05, 0.1) is 5.02 Å². The minimum absolute atomic E-state index is 0.188. The second kappa shape index (κ2) is 5.71. The van der Waals surface area contributed by atoms with Crippen molar-refractivity contribution in [1.82, 2.24) is 10.1 Å². The third-order valence-electron chi connectivity index (χ3n) is 2.43. The summed E-state index contributed by atoms with van der Waals surface area (Å²) in [5.74, 6) is -0.0486. The molecule has 0 saturated carbocycles. The van der Waals surface area contributed by atoms with E-state index in [9.17, 15) is 4.79 Å². The van der Waals surface area contributed by atoms with E-state index in [0.717, 1.165) is 5.56 Å². The summed E-state index contributed by atoms with van der Waals surface area (Å²) in [4.78, 5) is 13.6. The van der Waals surface area contributed by atoms with Gasteiger partial charge < -0.3 is 9.42 Å². The van der Waals surface area contributed by atoms with Crippen molar-refractivity contribution in [2.24, 2.45) is 0 Å². The minimum Gasteiger partial charge on any atom is -0.383 e. The Kier molecular flexibility index (Phi) is 4.02. The summed E-state index contributed by atoms with van der Waals surface area (Å²) in [6, 6.07) is 8.85. The third kappa shape index (κ3) is 3.23. The highest BCUT2D eigenvalue weighted by atomic mass is 35.5. The first kappa shape index (κ1) is 13.4. The predicted octanol–water partition coefficient (Wildman–Crippen LogP) is 3.25. The molecule has 0 radical (unpaired) electrons. The largest absolute Gasteiger partial charge is 0.383 e. The van der Waals surface area contributed by atoms with Crippen molar-refractivity contribution in [1.29, 1.82) is 0 Å². The van der Waals surface area contributed by atoms with Crippen LogP contribution in [0.2, 0.25) is 5.02 Å². The predicted molar refractivity (Wildman–Crippen MR) is 74.1 cm³/mol. The Morgan fingerprint density at radius 2 is 2.11 bits per heavy atom. The van der Waals surface area contributed by atoms with Crippen molar-refractivity contribution in [2.45, 2.75) is 0 Å². The minimum atomic E-state index is -0.237. The lowest BCUT2D eigenvalue weighted by molar-refractivity contribution is 0.101. The number of halogens is 1. The van der Waals surface area contributed by atoms with Gasteiger partial charge in [0, 0.05) is 38.0 Å². The highest BCUT2D eigenvalue weighted by Gasteiger charge is 2.13. The highest BCUT2D eigenvalue weighted by Crippen LogP contribution is 2.27. The Bertz CT molecular complexity index is 617. The summed E-state index contributed by atoms with van der Waals surface area (Å²) >= 11 is 6.06. The maximum Gasteiger partial charge on any atom is 0.225 e. The summed E-state index contributed by atoms with van der Waals surface area (Å²) in [5, 5.41) is 4.44. The molecule has 0 aliphatic heterocycles. The number of carbonyl (C=O) groups is 1. The van der Waals surface area contributed by atoms with Crippen LogP contribution in [0.3, 0.4) is 0 Å². The fourth-order valence-electron chi connectivity index (χ4n) is 1.49. The Balaban J connectivity index is 2.25. The Morgan fingerprint density at radius 1 is 1.37 bits per heavy atom. The molecule has 2 rings (SSSR count). The number of carbonyl (C=O) groups excluding carboxylic acids is 1. The highest BCUT2D eigenvalue weighted by molar-refractivity contribution is 6.33. The topological polar surface area (TPSA) is 46.3 Å².